The van der Waals surface area contributed by atoms with E-state index in [1.807, 2.05) is 0 Å². The standard InChI is InChI=1S/C5H4FIN2O2S/c6-5-3(7)1-9-2-4(5)12(8,10)11/h1-2H,(H2,8,10,11). The highest BCUT2D eigenvalue weighted by Gasteiger charge is 2.16. The van der Waals surface area contributed by atoms with Gasteiger partial charge in [-0.05, 0) is 22.6 Å². The first-order valence-corrected chi connectivity index (χ1v) is 5.37. The van der Waals surface area contributed by atoms with Crippen LogP contribution in [0.2, 0.25) is 0 Å². The molecule has 0 spiro atoms. The maximum Gasteiger partial charge on any atom is 0.242 e. The molecule has 66 valence electrons. The summed E-state index contributed by atoms with van der Waals surface area (Å²) < 4.78 is 34.5. The molecule has 12 heavy (non-hydrogen) atoms. The monoisotopic (exact) mass is 302 g/mol. The van der Waals surface area contributed by atoms with Gasteiger partial charge in [0.15, 0.2) is 5.82 Å². The molecule has 0 aliphatic heterocycles. The Morgan fingerprint density at radius 2 is 2.08 bits per heavy atom. The summed E-state index contributed by atoms with van der Waals surface area (Å²) in [4.78, 5) is 2.93. The number of rotatable bonds is 1. The maximum absolute atomic E-state index is 13.0. The molecule has 1 aromatic heterocycles. The summed E-state index contributed by atoms with van der Waals surface area (Å²) in [6.07, 6.45) is 2.09. The normalized spacial score (nSPS) is 11.6. The van der Waals surface area contributed by atoms with Crippen LogP contribution < -0.4 is 5.14 Å². The third-order valence-electron chi connectivity index (χ3n) is 1.11. The predicted octanol–water partition coefficient (Wildman–Crippen LogP) is 0.473. The van der Waals surface area contributed by atoms with Crippen LogP contribution in [0.15, 0.2) is 17.3 Å². The fraction of sp³-hybridized carbons (Fsp3) is 0. The number of sulfonamides is 1. The summed E-state index contributed by atoms with van der Waals surface area (Å²) in [7, 11) is -4.00. The fourth-order valence-electron chi connectivity index (χ4n) is 0.600. The van der Waals surface area contributed by atoms with Crippen LogP contribution >= 0.6 is 22.6 Å². The zero-order valence-electron chi connectivity index (χ0n) is 5.66. The number of pyridine rings is 1. The minimum atomic E-state index is -4.00. The molecule has 0 radical (unpaired) electrons. The molecule has 0 bridgehead atoms. The topological polar surface area (TPSA) is 73.1 Å². The first-order valence-electron chi connectivity index (χ1n) is 2.74. The summed E-state index contributed by atoms with van der Waals surface area (Å²) in [6.45, 7) is 0. The van der Waals surface area contributed by atoms with Crippen LogP contribution in [-0.2, 0) is 10.0 Å². The lowest BCUT2D eigenvalue weighted by atomic mass is 10.5. The zero-order chi connectivity index (χ0) is 9.35. The highest BCUT2D eigenvalue weighted by atomic mass is 127. The molecule has 0 aromatic carbocycles. The van der Waals surface area contributed by atoms with Crippen molar-refractivity contribution in [2.45, 2.75) is 4.90 Å². The van der Waals surface area contributed by atoms with Crippen LogP contribution in [-0.4, -0.2) is 13.4 Å². The average Bonchev–Trinajstić information content (AvgIpc) is 1.92. The SMILES string of the molecule is NS(=O)(=O)c1cncc(I)c1F. The van der Waals surface area contributed by atoms with Gasteiger partial charge >= 0.3 is 0 Å². The summed E-state index contributed by atoms with van der Waals surface area (Å²) in [6, 6.07) is 0. The highest BCUT2D eigenvalue weighted by Crippen LogP contribution is 2.16. The smallest absolute Gasteiger partial charge is 0.242 e. The first-order chi connectivity index (χ1) is 5.43. The quantitative estimate of drug-likeness (QED) is 0.767. The predicted molar refractivity (Wildman–Crippen MR) is 48.3 cm³/mol. The zero-order valence-corrected chi connectivity index (χ0v) is 8.63. The lowest BCUT2D eigenvalue weighted by Crippen LogP contribution is -2.15. The molecular formula is C5H4FIN2O2S. The molecular weight excluding hydrogens is 298 g/mol. The van der Waals surface area contributed by atoms with Crippen LogP contribution in [0.25, 0.3) is 0 Å². The summed E-state index contributed by atoms with van der Waals surface area (Å²) in [5.41, 5.74) is 0. The Morgan fingerprint density at radius 3 is 2.50 bits per heavy atom. The van der Waals surface area contributed by atoms with Crippen molar-refractivity contribution in [1.82, 2.24) is 4.98 Å². The van der Waals surface area contributed by atoms with Gasteiger partial charge in [0, 0.05) is 12.4 Å². The van der Waals surface area contributed by atoms with E-state index in [-0.39, 0.29) is 3.57 Å². The van der Waals surface area contributed by atoms with Gasteiger partial charge in [-0.15, -0.1) is 0 Å². The Kier molecular flexibility index (Phi) is 2.64. The number of hydrogen-bond acceptors (Lipinski definition) is 3. The van der Waals surface area contributed by atoms with E-state index in [0.717, 1.165) is 6.20 Å². The second kappa shape index (κ2) is 3.23. The van der Waals surface area contributed by atoms with Gasteiger partial charge in [-0.25, -0.2) is 17.9 Å². The Hall–Kier alpha value is -0.280. The van der Waals surface area contributed by atoms with Gasteiger partial charge in [0.05, 0.1) is 3.57 Å². The number of nitrogens with two attached hydrogens (primary N) is 1. The van der Waals surface area contributed by atoms with Crippen LogP contribution in [0, 0.1) is 9.39 Å². The van der Waals surface area contributed by atoms with Crippen molar-refractivity contribution in [3.05, 3.63) is 21.8 Å². The van der Waals surface area contributed by atoms with E-state index in [1.54, 1.807) is 22.6 Å². The molecule has 2 N–H and O–H groups in total. The van der Waals surface area contributed by atoms with Crippen molar-refractivity contribution in [2.24, 2.45) is 5.14 Å². The molecule has 1 rings (SSSR count). The molecule has 0 saturated heterocycles. The maximum atomic E-state index is 13.0. The molecule has 0 fully saturated rings. The van der Waals surface area contributed by atoms with Crippen LogP contribution in [0.3, 0.4) is 0 Å². The van der Waals surface area contributed by atoms with Gasteiger partial charge < -0.3 is 0 Å². The lowest BCUT2D eigenvalue weighted by molar-refractivity contribution is 0.561. The van der Waals surface area contributed by atoms with Gasteiger partial charge in [-0.1, -0.05) is 0 Å². The first kappa shape index (κ1) is 9.81. The molecule has 1 heterocycles. The number of primary sulfonamides is 1. The molecule has 0 atom stereocenters. The molecule has 1 aromatic rings. The van der Waals surface area contributed by atoms with Crippen LogP contribution in [0.1, 0.15) is 0 Å². The minimum absolute atomic E-state index is 0.124. The number of aromatic nitrogens is 1. The van der Waals surface area contributed by atoms with Gasteiger partial charge in [-0.2, -0.15) is 0 Å². The summed E-state index contributed by atoms with van der Waals surface area (Å²) >= 11 is 1.63. The van der Waals surface area contributed by atoms with Crippen LogP contribution in [0.5, 0.6) is 0 Å². The van der Waals surface area contributed by atoms with Gasteiger partial charge in [-0.3, -0.25) is 4.98 Å². The third kappa shape index (κ3) is 1.90. The number of hydrogen-bond donors (Lipinski definition) is 1. The molecule has 0 amide bonds. The fourth-order valence-corrected chi connectivity index (χ4v) is 1.80. The third-order valence-corrected chi connectivity index (χ3v) is 2.76. The molecule has 0 aliphatic carbocycles. The number of nitrogens with zero attached hydrogens (tertiary/aromatic N) is 1. The van der Waals surface area contributed by atoms with E-state index in [2.05, 4.69) is 4.98 Å². The highest BCUT2D eigenvalue weighted by molar-refractivity contribution is 14.1. The Balaban J connectivity index is 3.47. The summed E-state index contributed by atoms with van der Waals surface area (Å²) in [5.74, 6) is -0.854. The summed E-state index contributed by atoms with van der Waals surface area (Å²) in [5, 5.41) is 4.72. The molecule has 7 heteroatoms. The van der Waals surface area contributed by atoms with E-state index in [4.69, 9.17) is 5.14 Å². The second-order valence-corrected chi connectivity index (χ2v) is 4.67. The van der Waals surface area contributed by atoms with Gasteiger partial charge in [0.25, 0.3) is 0 Å². The van der Waals surface area contributed by atoms with Crippen molar-refractivity contribution in [1.29, 1.82) is 0 Å². The largest absolute Gasteiger partial charge is 0.262 e. The van der Waals surface area contributed by atoms with E-state index in [9.17, 15) is 12.8 Å². The van der Waals surface area contributed by atoms with Crippen molar-refractivity contribution < 1.29 is 12.8 Å². The van der Waals surface area contributed by atoms with E-state index in [0.29, 0.717) is 0 Å². The lowest BCUT2D eigenvalue weighted by Gasteiger charge is -1.99. The Morgan fingerprint density at radius 1 is 1.50 bits per heavy atom. The van der Waals surface area contributed by atoms with Crippen molar-refractivity contribution in [3.63, 3.8) is 0 Å². The minimum Gasteiger partial charge on any atom is -0.262 e. The van der Waals surface area contributed by atoms with Crippen molar-refractivity contribution in [3.8, 4) is 0 Å². The molecule has 0 saturated carbocycles. The van der Waals surface area contributed by atoms with E-state index in [1.165, 1.54) is 6.20 Å². The van der Waals surface area contributed by atoms with E-state index >= 15 is 0 Å². The second-order valence-electron chi connectivity index (χ2n) is 1.98. The van der Waals surface area contributed by atoms with E-state index < -0.39 is 20.7 Å². The molecule has 0 unspecified atom stereocenters. The number of halogens is 2. The van der Waals surface area contributed by atoms with Gasteiger partial charge in [0.2, 0.25) is 10.0 Å². The molecule has 0 aliphatic rings. The van der Waals surface area contributed by atoms with Crippen molar-refractivity contribution in [2.75, 3.05) is 0 Å². The molecule has 4 nitrogen and oxygen atoms in total. The Bertz CT molecular complexity index is 406. The average molecular weight is 302 g/mol. The van der Waals surface area contributed by atoms with Crippen molar-refractivity contribution >= 4 is 32.6 Å². The van der Waals surface area contributed by atoms with Gasteiger partial charge in [0.1, 0.15) is 4.90 Å². The van der Waals surface area contributed by atoms with Crippen LogP contribution in [0.4, 0.5) is 4.39 Å². The Labute approximate surface area is 82.2 Å².